The number of hydrogen-bond donors (Lipinski definition) is 2. The van der Waals surface area contributed by atoms with Crippen molar-refractivity contribution in [2.45, 2.75) is 50.9 Å². The monoisotopic (exact) mass is 395 g/mol. The first-order valence-corrected chi connectivity index (χ1v) is 10.6. The SMILES string of the molecule is CCCCCc1ccc2c(c1)C1(CCN(C(=O)c3ccc(O)c(O)c3)CC1)CO2. The smallest absolute Gasteiger partial charge is 0.253 e. The molecule has 2 heterocycles. The molecule has 1 saturated heterocycles. The zero-order valence-corrected chi connectivity index (χ0v) is 17.0. The molecule has 29 heavy (non-hydrogen) atoms. The van der Waals surface area contributed by atoms with Gasteiger partial charge in [0, 0.05) is 29.6 Å². The summed E-state index contributed by atoms with van der Waals surface area (Å²) in [4.78, 5) is 14.6. The molecule has 0 aliphatic carbocycles. The Morgan fingerprint density at radius 3 is 2.59 bits per heavy atom. The third-order valence-corrected chi connectivity index (χ3v) is 6.42. The normalized spacial score (nSPS) is 17.2. The number of phenols is 2. The zero-order chi connectivity index (χ0) is 20.4. The minimum atomic E-state index is -0.266. The number of benzene rings is 2. The predicted molar refractivity (Wildman–Crippen MR) is 112 cm³/mol. The molecular weight excluding hydrogens is 366 g/mol. The van der Waals surface area contributed by atoms with Crippen LogP contribution in [0.4, 0.5) is 0 Å². The van der Waals surface area contributed by atoms with Gasteiger partial charge in [0.05, 0.1) is 6.61 Å². The number of piperidine rings is 1. The van der Waals surface area contributed by atoms with Crippen molar-refractivity contribution in [3.05, 3.63) is 53.1 Å². The van der Waals surface area contributed by atoms with Crippen LogP contribution in [-0.2, 0) is 11.8 Å². The van der Waals surface area contributed by atoms with Gasteiger partial charge in [0.1, 0.15) is 5.75 Å². The second-order valence-electron chi connectivity index (χ2n) is 8.35. The second kappa shape index (κ2) is 7.97. The van der Waals surface area contributed by atoms with E-state index >= 15 is 0 Å². The quantitative estimate of drug-likeness (QED) is 0.582. The molecule has 0 atom stereocenters. The lowest BCUT2D eigenvalue weighted by atomic mass is 9.74. The maximum Gasteiger partial charge on any atom is 0.253 e. The van der Waals surface area contributed by atoms with Crippen LogP contribution in [-0.4, -0.2) is 40.7 Å². The summed E-state index contributed by atoms with van der Waals surface area (Å²) >= 11 is 0. The van der Waals surface area contributed by atoms with Gasteiger partial charge in [-0.2, -0.15) is 0 Å². The molecule has 0 bridgehead atoms. The number of hydrogen-bond acceptors (Lipinski definition) is 4. The topological polar surface area (TPSA) is 70.0 Å². The van der Waals surface area contributed by atoms with Crippen molar-refractivity contribution in [3.63, 3.8) is 0 Å². The fourth-order valence-corrected chi connectivity index (χ4v) is 4.54. The standard InChI is InChI=1S/C24H29NO4/c1-2-3-4-5-17-6-9-22-19(14-17)24(16-29-22)10-12-25(13-11-24)23(28)18-7-8-20(26)21(27)15-18/h6-9,14-15,26-27H,2-5,10-13,16H2,1H3. The van der Waals surface area contributed by atoms with Crippen LogP contribution in [0.3, 0.4) is 0 Å². The Balaban J connectivity index is 1.46. The molecule has 0 radical (unpaired) electrons. The van der Waals surface area contributed by atoms with Gasteiger partial charge in [0.2, 0.25) is 0 Å². The lowest BCUT2D eigenvalue weighted by Crippen LogP contribution is -2.46. The minimum Gasteiger partial charge on any atom is -0.504 e. The Hall–Kier alpha value is -2.69. The highest BCUT2D eigenvalue weighted by atomic mass is 16.5. The summed E-state index contributed by atoms with van der Waals surface area (Å²) < 4.78 is 6.02. The molecule has 1 spiro atoms. The van der Waals surface area contributed by atoms with E-state index in [1.54, 1.807) is 6.07 Å². The molecule has 0 saturated carbocycles. The van der Waals surface area contributed by atoms with Crippen LogP contribution in [0, 0.1) is 0 Å². The van der Waals surface area contributed by atoms with E-state index in [2.05, 4.69) is 25.1 Å². The molecular formula is C24H29NO4. The van der Waals surface area contributed by atoms with Gasteiger partial charge < -0.3 is 19.8 Å². The summed E-state index contributed by atoms with van der Waals surface area (Å²) in [5.41, 5.74) is 3.07. The van der Waals surface area contributed by atoms with Crippen LogP contribution >= 0.6 is 0 Å². The van der Waals surface area contributed by atoms with Gasteiger partial charge in [-0.05, 0) is 55.5 Å². The highest BCUT2D eigenvalue weighted by molar-refractivity contribution is 5.95. The van der Waals surface area contributed by atoms with E-state index in [-0.39, 0.29) is 22.8 Å². The largest absolute Gasteiger partial charge is 0.504 e. The molecule has 2 aromatic carbocycles. The molecule has 154 valence electrons. The highest BCUT2D eigenvalue weighted by Crippen LogP contribution is 2.46. The first-order chi connectivity index (χ1) is 14.0. The number of rotatable bonds is 5. The van der Waals surface area contributed by atoms with Crippen LogP contribution in [0.25, 0.3) is 0 Å². The van der Waals surface area contributed by atoms with Gasteiger partial charge in [0.15, 0.2) is 11.5 Å². The number of amides is 1. The van der Waals surface area contributed by atoms with Crippen LogP contribution < -0.4 is 4.74 Å². The Labute approximate surface area is 171 Å². The van der Waals surface area contributed by atoms with E-state index in [0.29, 0.717) is 25.3 Å². The molecule has 2 N–H and O–H groups in total. The summed E-state index contributed by atoms with van der Waals surface area (Å²) in [7, 11) is 0. The van der Waals surface area contributed by atoms with Crippen LogP contribution in [0.2, 0.25) is 0 Å². The number of fused-ring (bicyclic) bond motifs is 2. The highest BCUT2D eigenvalue weighted by Gasteiger charge is 2.44. The number of unbranched alkanes of at least 4 members (excludes halogenated alkanes) is 2. The lowest BCUT2D eigenvalue weighted by molar-refractivity contribution is 0.0646. The van der Waals surface area contributed by atoms with Crippen LogP contribution in [0.1, 0.15) is 60.5 Å². The molecule has 2 aromatic rings. The molecule has 0 unspecified atom stereocenters. The summed E-state index contributed by atoms with van der Waals surface area (Å²) in [6.07, 6.45) is 6.53. The van der Waals surface area contributed by atoms with E-state index in [1.807, 2.05) is 4.90 Å². The predicted octanol–water partition coefficient (Wildman–Crippen LogP) is 4.40. The summed E-state index contributed by atoms with van der Waals surface area (Å²) in [6, 6.07) is 10.9. The Bertz CT molecular complexity index is 900. The maximum atomic E-state index is 12.8. The van der Waals surface area contributed by atoms with E-state index in [9.17, 15) is 15.0 Å². The molecule has 1 amide bonds. The summed E-state index contributed by atoms with van der Waals surface area (Å²) in [5, 5.41) is 19.2. The number of likely N-dealkylation sites (tertiary alicyclic amines) is 1. The van der Waals surface area contributed by atoms with Gasteiger partial charge >= 0.3 is 0 Å². The van der Waals surface area contributed by atoms with Gasteiger partial charge in [-0.3, -0.25) is 4.79 Å². The van der Waals surface area contributed by atoms with Gasteiger partial charge in [-0.25, -0.2) is 0 Å². The molecule has 5 heteroatoms. The number of carbonyl (C=O) groups is 1. The first kappa shape index (κ1) is 19.6. The average molecular weight is 395 g/mol. The van der Waals surface area contributed by atoms with E-state index in [1.165, 1.54) is 42.5 Å². The van der Waals surface area contributed by atoms with Crippen molar-refractivity contribution in [1.82, 2.24) is 4.90 Å². The van der Waals surface area contributed by atoms with Crippen LogP contribution in [0.5, 0.6) is 17.2 Å². The van der Waals surface area contributed by atoms with Crippen LogP contribution in [0.15, 0.2) is 36.4 Å². The second-order valence-corrected chi connectivity index (χ2v) is 8.35. The number of ether oxygens (including phenoxy) is 1. The fraction of sp³-hybridized carbons (Fsp3) is 0.458. The van der Waals surface area contributed by atoms with Crippen molar-refractivity contribution in [2.75, 3.05) is 19.7 Å². The van der Waals surface area contributed by atoms with E-state index < -0.39 is 0 Å². The first-order valence-electron chi connectivity index (χ1n) is 10.6. The molecule has 1 fully saturated rings. The van der Waals surface area contributed by atoms with Crippen molar-refractivity contribution in [2.24, 2.45) is 0 Å². The molecule has 5 nitrogen and oxygen atoms in total. The molecule has 2 aliphatic heterocycles. The molecule has 2 aliphatic rings. The van der Waals surface area contributed by atoms with E-state index in [4.69, 9.17) is 4.74 Å². The Morgan fingerprint density at radius 1 is 1.07 bits per heavy atom. The molecule has 4 rings (SSSR count). The third kappa shape index (κ3) is 3.78. The molecule has 0 aromatic heterocycles. The zero-order valence-electron chi connectivity index (χ0n) is 17.0. The number of aromatic hydroxyl groups is 2. The Morgan fingerprint density at radius 2 is 1.86 bits per heavy atom. The summed E-state index contributed by atoms with van der Waals surface area (Å²) in [6.45, 7) is 4.22. The van der Waals surface area contributed by atoms with Crippen molar-refractivity contribution < 1.29 is 19.7 Å². The van der Waals surface area contributed by atoms with Gasteiger partial charge in [-0.15, -0.1) is 0 Å². The summed E-state index contributed by atoms with van der Waals surface area (Å²) in [5.74, 6) is 0.404. The number of carbonyl (C=O) groups excluding carboxylic acids is 1. The number of aryl methyl sites for hydroxylation is 1. The van der Waals surface area contributed by atoms with Crippen molar-refractivity contribution in [1.29, 1.82) is 0 Å². The van der Waals surface area contributed by atoms with Gasteiger partial charge in [-0.1, -0.05) is 31.9 Å². The Kier molecular flexibility index (Phi) is 5.39. The lowest BCUT2D eigenvalue weighted by Gasteiger charge is -2.38. The maximum absolute atomic E-state index is 12.8. The van der Waals surface area contributed by atoms with Crippen molar-refractivity contribution in [3.8, 4) is 17.2 Å². The number of phenolic OH excluding ortho intramolecular Hbond substituents is 2. The minimum absolute atomic E-state index is 0.00995. The average Bonchev–Trinajstić information content (AvgIpc) is 3.08. The third-order valence-electron chi connectivity index (χ3n) is 6.42. The number of nitrogens with zero attached hydrogens (tertiary/aromatic N) is 1. The van der Waals surface area contributed by atoms with E-state index in [0.717, 1.165) is 25.0 Å². The van der Waals surface area contributed by atoms with Gasteiger partial charge in [0.25, 0.3) is 5.91 Å². The fourth-order valence-electron chi connectivity index (χ4n) is 4.54. The van der Waals surface area contributed by atoms with Crippen molar-refractivity contribution >= 4 is 5.91 Å².